The van der Waals surface area contributed by atoms with Crippen LogP contribution in [0.25, 0.3) is 0 Å². The first-order valence-corrected chi connectivity index (χ1v) is 6.63. The Bertz CT molecular complexity index is 380. The van der Waals surface area contributed by atoms with Gasteiger partial charge in [0.05, 0.1) is 6.42 Å². The molecule has 2 heterocycles. The number of hydrogen-bond acceptors (Lipinski definition) is 4. The van der Waals surface area contributed by atoms with Gasteiger partial charge in [-0.2, -0.15) is 0 Å². The van der Waals surface area contributed by atoms with Gasteiger partial charge in [0.15, 0.2) is 0 Å². The molecule has 2 rings (SSSR count). The van der Waals surface area contributed by atoms with Crippen LogP contribution < -0.4 is 5.32 Å². The lowest BCUT2D eigenvalue weighted by Gasteiger charge is -2.32. The number of nitrogens with zero attached hydrogens (tertiary/aromatic N) is 1. The van der Waals surface area contributed by atoms with E-state index in [1.807, 2.05) is 12.3 Å². The second-order valence-corrected chi connectivity index (χ2v) is 5.77. The molecule has 88 valence electrons. The molecule has 4 heteroatoms. The van der Waals surface area contributed by atoms with Gasteiger partial charge >= 0.3 is 0 Å². The van der Waals surface area contributed by atoms with Gasteiger partial charge in [0, 0.05) is 23.0 Å². The Hall–Kier alpha value is -0.740. The van der Waals surface area contributed by atoms with E-state index >= 15 is 0 Å². The zero-order valence-electron chi connectivity index (χ0n) is 9.88. The van der Waals surface area contributed by atoms with E-state index in [4.69, 9.17) is 0 Å². The standard InChI is InChI=1S/C12H18N2OS/c1-9-7-16-11(14-9)6-10(15)12(2)4-3-5-13-8-12/h7,13H,3-6,8H2,1-2H3. The van der Waals surface area contributed by atoms with Crippen LogP contribution in [-0.4, -0.2) is 23.9 Å². The quantitative estimate of drug-likeness (QED) is 0.875. The minimum atomic E-state index is -0.183. The molecular weight excluding hydrogens is 220 g/mol. The van der Waals surface area contributed by atoms with Gasteiger partial charge in [-0.1, -0.05) is 6.92 Å². The number of aryl methyl sites for hydroxylation is 1. The SMILES string of the molecule is Cc1csc(CC(=O)C2(C)CCCNC2)n1. The summed E-state index contributed by atoms with van der Waals surface area (Å²) in [4.78, 5) is 16.6. The van der Waals surface area contributed by atoms with E-state index < -0.39 is 0 Å². The summed E-state index contributed by atoms with van der Waals surface area (Å²) >= 11 is 1.59. The molecule has 1 aliphatic heterocycles. The molecule has 0 amide bonds. The maximum atomic E-state index is 12.2. The highest BCUT2D eigenvalue weighted by Gasteiger charge is 2.34. The first kappa shape index (κ1) is 11.7. The summed E-state index contributed by atoms with van der Waals surface area (Å²) in [5.74, 6) is 0.328. The number of Topliss-reactive ketones (excluding diaryl/α,β-unsaturated/α-hetero) is 1. The third kappa shape index (κ3) is 2.50. The summed E-state index contributed by atoms with van der Waals surface area (Å²) in [6.07, 6.45) is 2.60. The second kappa shape index (κ2) is 4.63. The van der Waals surface area contributed by atoms with Crippen LogP contribution in [0.5, 0.6) is 0 Å². The van der Waals surface area contributed by atoms with Crippen molar-refractivity contribution in [2.45, 2.75) is 33.1 Å². The Morgan fingerprint density at radius 3 is 3.06 bits per heavy atom. The summed E-state index contributed by atoms with van der Waals surface area (Å²) in [7, 11) is 0. The molecule has 1 atom stereocenters. The third-order valence-electron chi connectivity index (χ3n) is 3.25. The Morgan fingerprint density at radius 2 is 2.50 bits per heavy atom. The number of piperidine rings is 1. The first-order valence-electron chi connectivity index (χ1n) is 5.75. The van der Waals surface area contributed by atoms with Gasteiger partial charge in [-0.15, -0.1) is 11.3 Å². The highest BCUT2D eigenvalue weighted by molar-refractivity contribution is 7.09. The van der Waals surface area contributed by atoms with Crippen LogP contribution in [0.15, 0.2) is 5.38 Å². The van der Waals surface area contributed by atoms with E-state index in [2.05, 4.69) is 17.2 Å². The van der Waals surface area contributed by atoms with E-state index in [0.717, 1.165) is 36.6 Å². The monoisotopic (exact) mass is 238 g/mol. The Kier molecular flexibility index (Phi) is 3.40. The van der Waals surface area contributed by atoms with E-state index in [-0.39, 0.29) is 5.41 Å². The molecule has 16 heavy (non-hydrogen) atoms. The van der Waals surface area contributed by atoms with E-state index in [1.54, 1.807) is 11.3 Å². The lowest BCUT2D eigenvalue weighted by Crippen LogP contribution is -2.44. The van der Waals surface area contributed by atoms with Crippen molar-refractivity contribution in [2.75, 3.05) is 13.1 Å². The summed E-state index contributed by atoms with van der Waals surface area (Å²) in [6.45, 7) is 5.89. The van der Waals surface area contributed by atoms with E-state index in [9.17, 15) is 4.79 Å². The van der Waals surface area contributed by atoms with Crippen LogP contribution in [0, 0.1) is 12.3 Å². The molecule has 0 radical (unpaired) electrons. The minimum Gasteiger partial charge on any atom is -0.316 e. The van der Waals surface area contributed by atoms with Crippen molar-refractivity contribution >= 4 is 17.1 Å². The molecule has 1 N–H and O–H groups in total. The third-order valence-corrected chi connectivity index (χ3v) is 4.22. The number of carbonyl (C=O) groups is 1. The van der Waals surface area contributed by atoms with Crippen LogP contribution >= 0.6 is 11.3 Å². The summed E-state index contributed by atoms with van der Waals surface area (Å²) in [5.41, 5.74) is 0.831. The smallest absolute Gasteiger partial charge is 0.146 e. The van der Waals surface area contributed by atoms with Crippen LogP contribution in [-0.2, 0) is 11.2 Å². The second-order valence-electron chi connectivity index (χ2n) is 4.82. The number of rotatable bonds is 3. The number of aromatic nitrogens is 1. The van der Waals surface area contributed by atoms with Crippen molar-refractivity contribution in [1.29, 1.82) is 0 Å². The van der Waals surface area contributed by atoms with Gasteiger partial charge in [0.2, 0.25) is 0 Å². The molecule has 0 bridgehead atoms. The summed E-state index contributed by atoms with van der Waals surface area (Å²) < 4.78 is 0. The average Bonchev–Trinajstić information content (AvgIpc) is 2.65. The van der Waals surface area contributed by atoms with Gasteiger partial charge in [0.1, 0.15) is 10.8 Å². The van der Waals surface area contributed by atoms with Crippen LogP contribution in [0.3, 0.4) is 0 Å². The molecule has 1 fully saturated rings. The summed E-state index contributed by atoms with van der Waals surface area (Å²) in [5, 5.41) is 6.27. The lowest BCUT2D eigenvalue weighted by atomic mass is 9.78. The minimum absolute atomic E-state index is 0.183. The van der Waals surface area contributed by atoms with Crippen molar-refractivity contribution in [3.05, 3.63) is 16.1 Å². The Labute approximate surface area is 100 Å². The van der Waals surface area contributed by atoms with Crippen molar-refractivity contribution in [3.8, 4) is 0 Å². The van der Waals surface area contributed by atoms with Gasteiger partial charge in [0.25, 0.3) is 0 Å². The fraction of sp³-hybridized carbons (Fsp3) is 0.667. The maximum absolute atomic E-state index is 12.2. The molecule has 1 aromatic rings. The number of carbonyl (C=O) groups excluding carboxylic acids is 1. The predicted molar refractivity (Wildman–Crippen MR) is 65.8 cm³/mol. The molecule has 0 spiro atoms. The molecular formula is C12H18N2OS. The fourth-order valence-corrected chi connectivity index (χ4v) is 2.90. The lowest BCUT2D eigenvalue weighted by molar-refractivity contribution is -0.128. The highest BCUT2D eigenvalue weighted by Crippen LogP contribution is 2.28. The first-order chi connectivity index (χ1) is 7.60. The van der Waals surface area contributed by atoms with Crippen LogP contribution in [0.4, 0.5) is 0 Å². The number of hydrogen-bond donors (Lipinski definition) is 1. The number of thiazole rings is 1. The van der Waals surface area contributed by atoms with Gasteiger partial charge in [-0.3, -0.25) is 4.79 Å². The molecule has 0 aliphatic carbocycles. The number of nitrogens with one attached hydrogen (secondary N) is 1. The topological polar surface area (TPSA) is 42.0 Å². The molecule has 1 saturated heterocycles. The molecule has 1 unspecified atom stereocenters. The average molecular weight is 238 g/mol. The van der Waals surface area contributed by atoms with Crippen molar-refractivity contribution in [3.63, 3.8) is 0 Å². The fourth-order valence-electron chi connectivity index (χ4n) is 2.13. The largest absolute Gasteiger partial charge is 0.316 e. The molecule has 0 saturated carbocycles. The van der Waals surface area contributed by atoms with E-state index in [1.165, 1.54) is 0 Å². The highest BCUT2D eigenvalue weighted by atomic mass is 32.1. The Morgan fingerprint density at radius 1 is 1.69 bits per heavy atom. The van der Waals surface area contributed by atoms with Crippen LogP contribution in [0.2, 0.25) is 0 Å². The zero-order valence-corrected chi connectivity index (χ0v) is 10.7. The van der Waals surface area contributed by atoms with Gasteiger partial charge in [-0.05, 0) is 26.3 Å². The normalized spacial score (nSPS) is 25.6. The number of ketones is 1. The molecule has 1 aliphatic rings. The zero-order chi connectivity index (χ0) is 11.6. The summed E-state index contributed by atoms with van der Waals surface area (Å²) in [6, 6.07) is 0. The van der Waals surface area contributed by atoms with Crippen molar-refractivity contribution < 1.29 is 4.79 Å². The molecule has 0 aromatic carbocycles. The van der Waals surface area contributed by atoms with Gasteiger partial charge < -0.3 is 5.32 Å². The molecule has 3 nitrogen and oxygen atoms in total. The molecule has 1 aromatic heterocycles. The van der Waals surface area contributed by atoms with Crippen molar-refractivity contribution in [2.24, 2.45) is 5.41 Å². The van der Waals surface area contributed by atoms with Gasteiger partial charge in [-0.25, -0.2) is 4.98 Å². The van der Waals surface area contributed by atoms with E-state index in [0.29, 0.717) is 12.2 Å². The van der Waals surface area contributed by atoms with Crippen molar-refractivity contribution in [1.82, 2.24) is 10.3 Å². The van der Waals surface area contributed by atoms with Crippen LogP contribution in [0.1, 0.15) is 30.5 Å². The maximum Gasteiger partial charge on any atom is 0.146 e. The Balaban J connectivity index is 2.01. The predicted octanol–water partition coefficient (Wildman–Crippen LogP) is 1.95.